The Labute approximate surface area is 182 Å². The summed E-state index contributed by atoms with van der Waals surface area (Å²) in [6.45, 7) is 12.7. The maximum Gasteiger partial charge on any atom is 0.256 e. The lowest BCUT2D eigenvalue weighted by Crippen LogP contribution is -2.35. The van der Waals surface area contributed by atoms with Gasteiger partial charge in [-0.3, -0.25) is 14.4 Å². The van der Waals surface area contributed by atoms with Gasteiger partial charge in [-0.15, -0.1) is 0 Å². The van der Waals surface area contributed by atoms with Gasteiger partial charge in [0, 0.05) is 41.3 Å². The van der Waals surface area contributed by atoms with Crippen molar-refractivity contribution in [1.82, 2.24) is 15.2 Å². The molecule has 2 amide bonds. The van der Waals surface area contributed by atoms with Crippen LogP contribution in [0.25, 0.3) is 11.6 Å². The molecule has 3 rings (SSSR count). The number of carbonyl (C=O) groups is 3. The van der Waals surface area contributed by atoms with Crippen LogP contribution in [0.3, 0.4) is 0 Å². The molecular weight excluding hydrogens is 392 g/mol. The number of hydrogen-bond acceptors (Lipinski definition) is 4. The van der Waals surface area contributed by atoms with Gasteiger partial charge in [-0.2, -0.15) is 0 Å². The number of Topliss-reactive ketones (excluding diaryl/α,β-unsaturated/α-hetero) is 1. The Bertz CT molecular complexity index is 1060. The molecule has 0 radical (unpaired) electrons. The molecule has 0 saturated carbocycles. The number of H-pyrrole nitrogens is 1. The van der Waals surface area contributed by atoms with Crippen molar-refractivity contribution in [3.05, 3.63) is 51.8 Å². The quantitative estimate of drug-likeness (QED) is 0.449. The second-order valence-electron chi connectivity index (χ2n) is 7.78. The number of aryl methyl sites for hydroxylation is 1. The minimum atomic E-state index is -0.229. The number of rotatable bonds is 8. The zero-order valence-electron chi connectivity index (χ0n) is 18.8. The van der Waals surface area contributed by atoms with E-state index in [-0.39, 0.29) is 17.6 Å². The predicted molar refractivity (Wildman–Crippen MR) is 123 cm³/mol. The van der Waals surface area contributed by atoms with E-state index in [0.29, 0.717) is 40.2 Å². The number of fused-ring (bicyclic) bond motifs is 1. The maximum atomic E-state index is 12.8. The highest BCUT2D eigenvalue weighted by Crippen LogP contribution is 2.34. The number of aromatic amines is 1. The van der Waals surface area contributed by atoms with Gasteiger partial charge >= 0.3 is 0 Å². The molecule has 7 nitrogen and oxygen atoms in total. The van der Waals surface area contributed by atoms with Crippen LogP contribution in [-0.4, -0.2) is 53.7 Å². The number of hydrogen-bond donors (Lipinski definition) is 3. The lowest BCUT2D eigenvalue weighted by molar-refractivity contribution is -0.110. The molecule has 3 N–H and O–H groups in total. The minimum Gasteiger partial charge on any atom is -0.358 e. The van der Waals surface area contributed by atoms with Gasteiger partial charge in [-0.05, 0) is 63.7 Å². The number of aromatic nitrogens is 1. The standard InChI is InChI=1S/C24H30N4O3/c1-6-28(7-2)11-10-25-24(31)22-14(3)21(26-15(22)4)13-19-18-12-17(16(5)29)8-9-20(18)27-23(19)30/h8-9,12-13,26H,6-7,10-11H2,1-5H3,(H,25,31)(H,27,30)/b19-13-. The first-order valence-corrected chi connectivity index (χ1v) is 10.6. The van der Waals surface area contributed by atoms with Crippen LogP contribution >= 0.6 is 0 Å². The van der Waals surface area contributed by atoms with Crippen LogP contribution in [0.4, 0.5) is 5.69 Å². The largest absolute Gasteiger partial charge is 0.358 e. The van der Waals surface area contributed by atoms with Crippen LogP contribution in [0.5, 0.6) is 0 Å². The monoisotopic (exact) mass is 422 g/mol. The second-order valence-corrected chi connectivity index (χ2v) is 7.78. The van der Waals surface area contributed by atoms with Crippen LogP contribution in [0.1, 0.15) is 64.0 Å². The van der Waals surface area contributed by atoms with Gasteiger partial charge in [-0.25, -0.2) is 0 Å². The molecule has 0 bridgehead atoms. The van der Waals surface area contributed by atoms with E-state index >= 15 is 0 Å². The number of nitrogens with one attached hydrogen (secondary N) is 3. The summed E-state index contributed by atoms with van der Waals surface area (Å²) in [6, 6.07) is 5.18. The first kappa shape index (κ1) is 22.5. The van der Waals surface area contributed by atoms with E-state index in [2.05, 4.69) is 34.4 Å². The van der Waals surface area contributed by atoms with Gasteiger partial charge in [0.25, 0.3) is 11.8 Å². The summed E-state index contributed by atoms with van der Waals surface area (Å²) < 4.78 is 0. The molecule has 164 valence electrons. The number of benzene rings is 1. The van der Waals surface area contributed by atoms with Crippen LogP contribution in [0.15, 0.2) is 18.2 Å². The molecule has 0 fully saturated rings. The summed E-state index contributed by atoms with van der Waals surface area (Å²) >= 11 is 0. The van der Waals surface area contributed by atoms with Crippen LogP contribution in [0, 0.1) is 13.8 Å². The van der Waals surface area contributed by atoms with Crippen LogP contribution < -0.4 is 10.6 Å². The molecule has 2 aromatic rings. The normalized spacial score (nSPS) is 14.1. The summed E-state index contributed by atoms with van der Waals surface area (Å²) in [4.78, 5) is 42.6. The second kappa shape index (κ2) is 9.31. The van der Waals surface area contributed by atoms with Crippen molar-refractivity contribution in [1.29, 1.82) is 0 Å². The van der Waals surface area contributed by atoms with Gasteiger partial charge < -0.3 is 20.5 Å². The average molecular weight is 423 g/mol. The molecule has 0 atom stereocenters. The predicted octanol–water partition coefficient (Wildman–Crippen LogP) is 3.40. The van der Waals surface area contributed by atoms with E-state index in [9.17, 15) is 14.4 Å². The molecule has 1 aromatic carbocycles. The van der Waals surface area contributed by atoms with Gasteiger partial charge in [0.2, 0.25) is 0 Å². The van der Waals surface area contributed by atoms with Crippen molar-refractivity contribution in [2.75, 3.05) is 31.5 Å². The summed E-state index contributed by atoms with van der Waals surface area (Å²) in [5.74, 6) is -0.414. The fourth-order valence-corrected chi connectivity index (χ4v) is 3.91. The average Bonchev–Trinajstić information content (AvgIpc) is 3.20. The van der Waals surface area contributed by atoms with Crippen molar-refractivity contribution >= 4 is 34.9 Å². The number of anilines is 1. The Morgan fingerprint density at radius 1 is 1.16 bits per heavy atom. The first-order chi connectivity index (χ1) is 14.8. The number of ketones is 1. The van der Waals surface area contributed by atoms with E-state index in [1.165, 1.54) is 6.92 Å². The van der Waals surface area contributed by atoms with Crippen molar-refractivity contribution in [3.8, 4) is 0 Å². The molecule has 1 aliphatic rings. The fraction of sp³-hybridized carbons (Fsp3) is 0.375. The van der Waals surface area contributed by atoms with Crippen molar-refractivity contribution in [2.24, 2.45) is 0 Å². The Kier molecular flexibility index (Phi) is 6.75. The summed E-state index contributed by atoms with van der Waals surface area (Å²) in [6.07, 6.45) is 1.75. The molecule has 7 heteroatoms. The number of carbonyl (C=O) groups excluding carboxylic acids is 3. The highest BCUT2D eigenvalue weighted by Gasteiger charge is 2.26. The van der Waals surface area contributed by atoms with Crippen molar-refractivity contribution < 1.29 is 14.4 Å². The van der Waals surface area contributed by atoms with E-state index in [1.54, 1.807) is 24.3 Å². The fourth-order valence-electron chi connectivity index (χ4n) is 3.91. The Morgan fingerprint density at radius 2 is 1.87 bits per heavy atom. The van der Waals surface area contributed by atoms with Crippen molar-refractivity contribution in [3.63, 3.8) is 0 Å². The molecule has 31 heavy (non-hydrogen) atoms. The van der Waals surface area contributed by atoms with Gasteiger partial charge in [0.05, 0.1) is 11.1 Å². The summed E-state index contributed by atoms with van der Waals surface area (Å²) in [5, 5.41) is 5.82. The number of likely N-dealkylation sites (N-methyl/N-ethyl adjacent to an activating group) is 1. The summed E-state index contributed by atoms with van der Waals surface area (Å²) in [7, 11) is 0. The van der Waals surface area contributed by atoms with Crippen LogP contribution in [0.2, 0.25) is 0 Å². The minimum absolute atomic E-state index is 0.0583. The highest BCUT2D eigenvalue weighted by atomic mass is 16.2. The Hall–Kier alpha value is -3.19. The molecule has 1 aliphatic heterocycles. The first-order valence-electron chi connectivity index (χ1n) is 10.6. The number of nitrogens with zero attached hydrogens (tertiary/aromatic N) is 1. The van der Waals surface area contributed by atoms with E-state index < -0.39 is 0 Å². The van der Waals surface area contributed by atoms with Crippen molar-refractivity contribution in [2.45, 2.75) is 34.6 Å². The molecule has 1 aromatic heterocycles. The SMILES string of the molecule is CCN(CC)CCNC(=O)c1c(C)[nH]c(/C=C2\C(=O)Nc3ccc(C(C)=O)cc32)c1C. The Balaban J connectivity index is 1.87. The topological polar surface area (TPSA) is 94.3 Å². The molecular formula is C24H30N4O3. The van der Waals surface area contributed by atoms with Gasteiger partial charge in [0.1, 0.15) is 0 Å². The smallest absolute Gasteiger partial charge is 0.256 e. The number of amides is 2. The van der Waals surface area contributed by atoms with Gasteiger partial charge in [0.15, 0.2) is 5.78 Å². The van der Waals surface area contributed by atoms with E-state index in [1.807, 2.05) is 13.8 Å². The zero-order chi connectivity index (χ0) is 22.7. The third-order valence-electron chi connectivity index (χ3n) is 5.81. The van der Waals surface area contributed by atoms with Crippen LogP contribution in [-0.2, 0) is 4.79 Å². The summed E-state index contributed by atoms with van der Waals surface area (Å²) in [5.41, 5.74) is 5.23. The van der Waals surface area contributed by atoms with Gasteiger partial charge in [-0.1, -0.05) is 13.8 Å². The maximum absolute atomic E-state index is 12.8. The lowest BCUT2D eigenvalue weighted by Gasteiger charge is -2.18. The molecule has 0 aliphatic carbocycles. The molecule has 0 spiro atoms. The molecule has 0 saturated heterocycles. The highest BCUT2D eigenvalue weighted by molar-refractivity contribution is 6.35. The van der Waals surface area contributed by atoms with E-state index in [4.69, 9.17) is 0 Å². The third-order valence-corrected chi connectivity index (χ3v) is 5.81. The third kappa shape index (κ3) is 4.61. The molecule has 2 heterocycles. The molecule has 0 unspecified atom stereocenters. The zero-order valence-corrected chi connectivity index (χ0v) is 18.8. The lowest BCUT2D eigenvalue weighted by atomic mass is 10.0. The van der Waals surface area contributed by atoms with E-state index in [0.717, 1.165) is 30.9 Å². The Morgan fingerprint density at radius 3 is 2.52 bits per heavy atom.